The van der Waals surface area contributed by atoms with Crippen molar-refractivity contribution >= 4 is 5.91 Å². The number of hydrogen-bond acceptors (Lipinski definition) is 6. The molecule has 0 aliphatic carbocycles. The van der Waals surface area contributed by atoms with E-state index in [-0.39, 0.29) is 22.9 Å². The molecule has 4 rings (SSSR count). The van der Waals surface area contributed by atoms with Crippen LogP contribution in [0.3, 0.4) is 0 Å². The van der Waals surface area contributed by atoms with E-state index in [9.17, 15) is 9.59 Å². The average Bonchev–Trinajstić information content (AvgIpc) is 3.35. The molecule has 8 nitrogen and oxygen atoms in total. The third-order valence-corrected chi connectivity index (χ3v) is 4.66. The highest BCUT2D eigenvalue weighted by Gasteiger charge is 2.29. The molecule has 1 saturated heterocycles. The Labute approximate surface area is 149 Å². The number of piperidine rings is 1. The number of nitrogens with zero attached hydrogens (tertiary/aromatic N) is 4. The number of likely N-dealkylation sites (tertiary alicyclic amines) is 1. The summed E-state index contributed by atoms with van der Waals surface area (Å²) >= 11 is 0. The van der Waals surface area contributed by atoms with Crippen molar-refractivity contribution in [3.05, 3.63) is 58.5 Å². The molecule has 1 aliphatic heterocycles. The molecule has 1 aliphatic rings. The lowest BCUT2D eigenvalue weighted by atomic mass is 9.96. The molecule has 4 heterocycles. The highest BCUT2D eigenvalue weighted by atomic mass is 16.4. The van der Waals surface area contributed by atoms with Crippen molar-refractivity contribution in [3.8, 4) is 11.7 Å². The van der Waals surface area contributed by atoms with Crippen LogP contribution in [0, 0.1) is 0 Å². The molecule has 8 heteroatoms. The van der Waals surface area contributed by atoms with Crippen LogP contribution < -0.4 is 5.56 Å². The fourth-order valence-electron chi connectivity index (χ4n) is 3.16. The number of aromatic nitrogens is 3. The second kappa shape index (κ2) is 6.62. The predicted octanol–water partition coefficient (Wildman–Crippen LogP) is 2.05. The Balaban J connectivity index is 1.43. The van der Waals surface area contributed by atoms with Crippen LogP contribution >= 0.6 is 0 Å². The number of hydrogen-bond donors (Lipinski definition) is 0. The SMILES string of the molecule is Cn1cccc(C(=O)N2CCC(c3nnc(-c4ccco4)o3)CC2)c1=O. The van der Waals surface area contributed by atoms with Crippen LogP contribution in [0.4, 0.5) is 0 Å². The van der Waals surface area contributed by atoms with Gasteiger partial charge in [-0.15, -0.1) is 10.2 Å². The van der Waals surface area contributed by atoms with E-state index in [1.165, 1.54) is 4.57 Å². The van der Waals surface area contributed by atoms with Crippen LogP contribution in [0.5, 0.6) is 0 Å². The van der Waals surface area contributed by atoms with E-state index in [2.05, 4.69) is 10.2 Å². The van der Waals surface area contributed by atoms with Gasteiger partial charge < -0.3 is 18.3 Å². The topological polar surface area (TPSA) is 94.4 Å². The molecule has 0 saturated carbocycles. The van der Waals surface area contributed by atoms with Gasteiger partial charge in [-0.3, -0.25) is 9.59 Å². The molecular formula is C18H18N4O4. The average molecular weight is 354 g/mol. The van der Waals surface area contributed by atoms with Gasteiger partial charge >= 0.3 is 0 Å². The van der Waals surface area contributed by atoms with Crippen molar-refractivity contribution in [2.75, 3.05) is 13.1 Å². The summed E-state index contributed by atoms with van der Waals surface area (Å²) in [7, 11) is 1.64. The fourth-order valence-corrected chi connectivity index (χ4v) is 3.16. The van der Waals surface area contributed by atoms with Crippen molar-refractivity contribution in [2.45, 2.75) is 18.8 Å². The highest BCUT2D eigenvalue weighted by Crippen LogP contribution is 2.29. The van der Waals surface area contributed by atoms with Gasteiger partial charge in [0.05, 0.1) is 6.26 Å². The van der Waals surface area contributed by atoms with E-state index in [0.717, 1.165) is 0 Å². The Morgan fingerprint density at radius 1 is 1.19 bits per heavy atom. The first-order chi connectivity index (χ1) is 12.6. The number of furan rings is 1. The summed E-state index contributed by atoms with van der Waals surface area (Å²) in [5, 5.41) is 8.14. The molecule has 1 fully saturated rings. The molecule has 0 aromatic carbocycles. The van der Waals surface area contributed by atoms with Crippen LogP contribution in [0.15, 0.2) is 50.4 Å². The maximum Gasteiger partial charge on any atom is 0.283 e. The Bertz CT molecular complexity index is 965. The largest absolute Gasteiger partial charge is 0.459 e. The molecule has 0 bridgehead atoms. The summed E-state index contributed by atoms with van der Waals surface area (Å²) < 4.78 is 12.4. The van der Waals surface area contributed by atoms with Crippen molar-refractivity contribution < 1.29 is 13.6 Å². The number of carbonyl (C=O) groups is 1. The Hall–Kier alpha value is -3.16. The molecule has 3 aromatic rings. The molecule has 0 radical (unpaired) electrons. The van der Waals surface area contributed by atoms with Gasteiger partial charge in [-0.05, 0) is 37.1 Å². The van der Waals surface area contributed by atoms with Gasteiger partial charge in [0.25, 0.3) is 17.4 Å². The number of aryl methyl sites for hydroxylation is 1. The first-order valence-corrected chi connectivity index (χ1v) is 8.45. The van der Waals surface area contributed by atoms with Crippen LogP contribution in [0.1, 0.15) is 35.0 Å². The summed E-state index contributed by atoms with van der Waals surface area (Å²) in [5.41, 5.74) is -0.0778. The van der Waals surface area contributed by atoms with E-state index >= 15 is 0 Å². The van der Waals surface area contributed by atoms with E-state index in [0.29, 0.717) is 43.5 Å². The van der Waals surface area contributed by atoms with Crippen LogP contribution in [-0.4, -0.2) is 38.7 Å². The van der Waals surface area contributed by atoms with Crippen molar-refractivity contribution in [1.82, 2.24) is 19.7 Å². The van der Waals surface area contributed by atoms with Gasteiger partial charge in [0.2, 0.25) is 5.89 Å². The second-order valence-corrected chi connectivity index (χ2v) is 6.33. The lowest BCUT2D eigenvalue weighted by Gasteiger charge is -2.30. The lowest BCUT2D eigenvalue weighted by Crippen LogP contribution is -2.40. The predicted molar refractivity (Wildman–Crippen MR) is 91.6 cm³/mol. The first-order valence-electron chi connectivity index (χ1n) is 8.45. The summed E-state index contributed by atoms with van der Waals surface area (Å²) in [6.45, 7) is 1.08. The summed E-state index contributed by atoms with van der Waals surface area (Å²) in [5.74, 6) is 1.31. The van der Waals surface area contributed by atoms with Crippen LogP contribution in [-0.2, 0) is 7.05 Å². The highest BCUT2D eigenvalue weighted by molar-refractivity contribution is 5.93. The summed E-state index contributed by atoms with van der Waals surface area (Å²) in [6, 6.07) is 6.80. The van der Waals surface area contributed by atoms with Gasteiger partial charge in [0.1, 0.15) is 5.56 Å². The number of pyridine rings is 1. The minimum absolute atomic E-state index is 0.0915. The molecule has 26 heavy (non-hydrogen) atoms. The Morgan fingerprint density at radius 3 is 2.73 bits per heavy atom. The zero-order chi connectivity index (χ0) is 18.1. The van der Waals surface area contributed by atoms with Crippen LogP contribution in [0.25, 0.3) is 11.7 Å². The van der Waals surface area contributed by atoms with E-state index in [4.69, 9.17) is 8.83 Å². The summed E-state index contributed by atoms with van der Waals surface area (Å²) in [6.07, 6.45) is 4.60. The molecule has 134 valence electrons. The normalized spacial score (nSPS) is 15.3. The Morgan fingerprint density at radius 2 is 2.00 bits per heavy atom. The zero-order valence-corrected chi connectivity index (χ0v) is 14.3. The van der Waals surface area contributed by atoms with Crippen molar-refractivity contribution in [1.29, 1.82) is 0 Å². The number of carbonyl (C=O) groups excluding carboxylic acids is 1. The third-order valence-electron chi connectivity index (χ3n) is 4.66. The van der Waals surface area contributed by atoms with E-state index < -0.39 is 0 Å². The standard InChI is InChI=1S/C18H18N4O4/c1-21-8-2-4-13(17(21)23)18(24)22-9-6-12(7-10-22)15-19-20-16(26-15)14-5-3-11-25-14/h2-5,8,11-12H,6-7,9-10H2,1H3. The molecule has 1 amide bonds. The van der Waals surface area contributed by atoms with Gasteiger partial charge in [0, 0.05) is 32.3 Å². The van der Waals surface area contributed by atoms with E-state index in [1.54, 1.807) is 48.7 Å². The first kappa shape index (κ1) is 16.3. The molecule has 0 spiro atoms. The van der Waals surface area contributed by atoms with Gasteiger partial charge in [-0.1, -0.05) is 0 Å². The molecule has 0 unspecified atom stereocenters. The summed E-state index contributed by atoms with van der Waals surface area (Å²) in [4.78, 5) is 26.5. The molecule has 0 N–H and O–H groups in total. The van der Waals surface area contributed by atoms with Crippen molar-refractivity contribution in [3.63, 3.8) is 0 Å². The second-order valence-electron chi connectivity index (χ2n) is 6.33. The zero-order valence-electron chi connectivity index (χ0n) is 14.3. The molecule has 0 atom stereocenters. The quantitative estimate of drug-likeness (QED) is 0.714. The molecular weight excluding hydrogens is 336 g/mol. The smallest absolute Gasteiger partial charge is 0.283 e. The molecule has 3 aromatic heterocycles. The van der Waals surface area contributed by atoms with Gasteiger partial charge in [-0.2, -0.15) is 0 Å². The van der Waals surface area contributed by atoms with Gasteiger partial charge in [-0.25, -0.2) is 0 Å². The minimum Gasteiger partial charge on any atom is -0.459 e. The Kier molecular flexibility index (Phi) is 4.16. The maximum atomic E-state index is 12.6. The van der Waals surface area contributed by atoms with Gasteiger partial charge in [0.15, 0.2) is 5.76 Å². The fraction of sp³-hybridized carbons (Fsp3) is 0.333. The van der Waals surface area contributed by atoms with Crippen LogP contribution in [0.2, 0.25) is 0 Å². The maximum absolute atomic E-state index is 12.6. The number of rotatable bonds is 3. The lowest BCUT2D eigenvalue weighted by molar-refractivity contribution is 0.0704. The monoisotopic (exact) mass is 354 g/mol. The third kappa shape index (κ3) is 2.94. The number of amides is 1. The van der Waals surface area contributed by atoms with E-state index in [1.807, 2.05) is 0 Å². The van der Waals surface area contributed by atoms with Crippen molar-refractivity contribution in [2.24, 2.45) is 7.05 Å². The minimum atomic E-state index is -0.278.